The van der Waals surface area contributed by atoms with Crippen molar-refractivity contribution < 1.29 is 23.0 Å². The van der Waals surface area contributed by atoms with E-state index in [1.165, 1.54) is 17.5 Å². The molecule has 0 aliphatic carbocycles. The van der Waals surface area contributed by atoms with Crippen molar-refractivity contribution in [3.05, 3.63) is 28.7 Å². The number of hydrogen-bond donors (Lipinski definition) is 1. The number of methoxy groups -OCH3 is 1. The van der Waals surface area contributed by atoms with Crippen molar-refractivity contribution in [3.8, 4) is 11.5 Å². The van der Waals surface area contributed by atoms with Crippen LogP contribution in [0.5, 0.6) is 11.5 Å². The minimum absolute atomic E-state index is 0.136. The summed E-state index contributed by atoms with van der Waals surface area (Å²) in [7, 11) is -0.286. The van der Waals surface area contributed by atoms with Gasteiger partial charge in [-0.1, -0.05) is 0 Å². The first-order valence-electron chi connectivity index (χ1n) is 7.35. The van der Waals surface area contributed by atoms with Crippen LogP contribution in [0.1, 0.15) is 5.56 Å². The molecule has 7 nitrogen and oxygen atoms in total. The van der Waals surface area contributed by atoms with E-state index in [-0.39, 0.29) is 4.91 Å². The Bertz CT molecular complexity index is 723. The van der Waals surface area contributed by atoms with Gasteiger partial charge in [-0.3, -0.25) is 0 Å². The van der Waals surface area contributed by atoms with E-state index >= 15 is 0 Å². The van der Waals surface area contributed by atoms with Gasteiger partial charge in [-0.05, 0) is 31.3 Å². The Labute approximate surface area is 135 Å². The van der Waals surface area contributed by atoms with Crippen LogP contribution in [0, 0.1) is 0 Å². The molecule has 1 aromatic rings. The molecule has 3 rings (SSSR count). The molecule has 0 spiro atoms. The van der Waals surface area contributed by atoms with Crippen LogP contribution in [0.15, 0.2) is 23.1 Å². The summed E-state index contributed by atoms with van der Waals surface area (Å²) in [5.74, 6) is 1.02. The summed E-state index contributed by atoms with van der Waals surface area (Å²) in [6.07, 6.45) is -0.0415. The van der Waals surface area contributed by atoms with Crippen LogP contribution >= 0.6 is 0 Å². The molecule has 1 unspecified atom stereocenters. The smallest absolute Gasteiger partial charge is 0.245 e. The van der Waals surface area contributed by atoms with Crippen LogP contribution in [0.4, 0.5) is 0 Å². The number of sulfonamides is 1. The first-order chi connectivity index (χ1) is 10.9. The average Bonchev–Trinajstić information content (AvgIpc) is 2.54. The fraction of sp³-hybridized carbons (Fsp3) is 0.467. The second-order valence-corrected chi connectivity index (χ2v) is 7.57. The Morgan fingerprint density at radius 3 is 2.61 bits per heavy atom. The molecule has 126 valence electrons. The molecule has 2 aliphatic rings. The third-order valence-corrected chi connectivity index (χ3v) is 6.06. The Morgan fingerprint density at radius 2 is 1.96 bits per heavy atom. The summed E-state index contributed by atoms with van der Waals surface area (Å²) in [5, 5.41) is 10.1. The predicted molar refractivity (Wildman–Crippen MR) is 85.6 cm³/mol. The first kappa shape index (κ1) is 16.3. The lowest BCUT2D eigenvalue weighted by Gasteiger charge is -2.33. The molecule has 0 aromatic heterocycles. The Kier molecular flexibility index (Phi) is 4.33. The summed E-state index contributed by atoms with van der Waals surface area (Å²) in [6, 6.07) is 5.02. The summed E-state index contributed by atoms with van der Waals surface area (Å²) in [5.41, 5.74) is 0.572. The molecule has 2 heterocycles. The molecular weight excluding hydrogens is 320 g/mol. The van der Waals surface area contributed by atoms with E-state index in [2.05, 4.69) is 4.90 Å². The molecule has 0 radical (unpaired) electrons. The maximum absolute atomic E-state index is 12.8. The number of piperazine rings is 1. The highest BCUT2D eigenvalue weighted by Gasteiger charge is 2.36. The van der Waals surface area contributed by atoms with Crippen molar-refractivity contribution in [1.29, 1.82) is 0 Å². The number of benzene rings is 1. The normalized spacial score (nSPS) is 22.9. The van der Waals surface area contributed by atoms with Gasteiger partial charge in [-0.25, -0.2) is 8.42 Å². The monoisotopic (exact) mass is 340 g/mol. The molecule has 0 saturated carbocycles. The average molecular weight is 340 g/mol. The van der Waals surface area contributed by atoms with Crippen molar-refractivity contribution in [3.63, 3.8) is 0 Å². The van der Waals surface area contributed by atoms with E-state index in [4.69, 9.17) is 9.47 Å². The summed E-state index contributed by atoms with van der Waals surface area (Å²) < 4.78 is 37.5. The van der Waals surface area contributed by atoms with Crippen LogP contribution in [0.2, 0.25) is 0 Å². The number of rotatable bonds is 3. The van der Waals surface area contributed by atoms with Crippen LogP contribution in [0.25, 0.3) is 6.08 Å². The second kappa shape index (κ2) is 6.12. The van der Waals surface area contributed by atoms with E-state index < -0.39 is 16.3 Å². The predicted octanol–water partition coefficient (Wildman–Crippen LogP) is 0.324. The maximum Gasteiger partial charge on any atom is 0.245 e. The number of aliphatic hydroxyl groups excluding tert-OH is 1. The Balaban J connectivity index is 1.95. The van der Waals surface area contributed by atoms with Crippen molar-refractivity contribution in [2.75, 3.05) is 40.3 Å². The van der Waals surface area contributed by atoms with E-state index in [0.29, 0.717) is 43.2 Å². The lowest BCUT2D eigenvalue weighted by Crippen LogP contribution is -2.48. The number of likely N-dealkylation sites (N-methyl/N-ethyl adjacent to an activating group) is 1. The van der Waals surface area contributed by atoms with Crippen molar-refractivity contribution in [2.45, 2.75) is 6.29 Å². The topological polar surface area (TPSA) is 79.3 Å². The lowest BCUT2D eigenvalue weighted by atomic mass is 10.1. The summed E-state index contributed by atoms with van der Waals surface area (Å²) in [4.78, 5) is 1.93. The molecule has 0 amide bonds. The van der Waals surface area contributed by atoms with E-state index in [1.54, 1.807) is 18.2 Å². The van der Waals surface area contributed by atoms with Gasteiger partial charge < -0.3 is 19.5 Å². The zero-order chi connectivity index (χ0) is 16.6. The van der Waals surface area contributed by atoms with Crippen molar-refractivity contribution in [1.82, 2.24) is 9.21 Å². The SMILES string of the molecule is COc1ccc2c(c1)C=C(S(=O)(=O)N1CCN(C)CC1)C(O)O2. The number of nitrogens with zero attached hydrogens (tertiary/aromatic N) is 2. The molecule has 1 fully saturated rings. The van der Waals surface area contributed by atoms with E-state index in [1.807, 2.05) is 7.05 Å². The van der Waals surface area contributed by atoms with E-state index in [0.717, 1.165) is 0 Å². The maximum atomic E-state index is 12.8. The molecule has 1 atom stereocenters. The van der Waals surface area contributed by atoms with Crippen LogP contribution in [0.3, 0.4) is 0 Å². The molecule has 0 bridgehead atoms. The summed E-state index contributed by atoms with van der Waals surface area (Å²) >= 11 is 0. The Hall–Kier alpha value is -1.61. The van der Waals surface area contributed by atoms with E-state index in [9.17, 15) is 13.5 Å². The van der Waals surface area contributed by atoms with Crippen molar-refractivity contribution in [2.24, 2.45) is 0 Å². The van der Waals surface area contributed by atoms with Gasteiger partial charge in [-0.15, -0.1) is 0 Å². The fourth-order valence-electron chi connectivity index (χ4n) is 2.66. The standard InChI is InChI=1S/C15H20N2O5S/c1-16-5-7-17(8-6-16)23(19,20)14-10-11-9-12(21-2)3-4-13(11)22-15(14)18/h3-4,9-10,15,18H,5-8H2,1-2H3. The van der Waals surface area contributed by atoms with Crippen LogP contribution in [-0.4, -0.2) is 69.4 Å². The zero-order valence-corrected chi connectivity index (χ0v) is 13.9. The fourth-order valence-corrected chi connectivity index (χ4v) is 4.18. The molecule has 1 saturated heterocycles. The number of fused-ring (bicyclic) bond motifs is 1. The minimum Gasteiger partial charge on any atom is -0.497 e. The molecule has 1 N–H and O–H groups in total. The highest BCUT2D eigenvalue weighted by Crippen LogP contribution is 2.34. The third kappa shape index (κ3) is 3.07. The third-order valence-electron chi connectivity index (χ3n) is 4.10. The van der Waals surface area contributed by atoms with Gasteiger partial charge in [0.1, 0.15) is 16.4 Å². The zero-order valence-electron chi connectivity index (χ0n) is 13.1. The van der Waals surface area contributed by atoms with Crippen LogP contribution < -0.4 is 9.47 Å². The lowest BCUT2D eigenvalue weighted by molar-refractivity contribution is 0.0182. The largest absolute Gasteiger partial charge is 0.497 e. The van der Waals surface area contributed by atoms with Gasteiger partial charge in [0.25, 0.3) is 0 Å². The van der Waals surface area contributed by atoms with Gasteiger partial charge in [-0.2, -0.15) is 4.31 Å². The second-order valence-electron chi connectivity index (χ2n) is 5.63. The minimum atomic E-state index is -3.77. The van der Waals surface area contributed by atoms with Gasteiger partial charge >= 0.3 is 0 Å². The van der Waals surface area contributed by atoms with Gasteiger partial charge in [0, 0.05) is 31.7 Å². The first-order valence-corrected chi connectivity index (χ1v) is 8.79. The molecule has 1 aromatic carbocycles. The van der Waals surface area contributed by atoms with Gasteiger partial charge in [0.05, 0.1) is 7.11 Å². The Morgan fingerprint density at radius 1 is 1.26 bits per heavy atom. The molecule has 2 aliphatic heterocycles. The molecule has 23 heavy (non-hydrogen) atoms. The number of aliphatic hydroxyl groups is 1. The highest BCUT2D eigenvalue weighted by atomic mass is 32.2. The quantitative estimate of drug-likeness (QED) is 0.854. The van der Waals surface area contributed by atoms with Gasteiger partial charge in [0.15, 0.2) is 0 Å². The molecular formula is C15H20N2O5S. The number of ether oxygens (including phenoxy) is 2. The highest BCUT2D eigenvalue weighted by molar-refractivity contribution is 7.93. The van der Waals surface area contributed by atoms with Gasteiger partial charge in [0.2, 0.25) is 16.3 Å². The summed E-state index contributed by atoms with van der Waals surface area (Å²) in [6.45, 7) is 2.11. The number of hydrogen-bond acceptors (Lipinski definition) is 6. The van der Waals surface area contributed by atoms with Crippen LogP contribution in [-0.2, 0) is 10.0 Å². The van der Waals surface area contributed by atoms with Crippen molar-refractivity contribution >= 4 is 16.1 Å². The molecule has 8 heteroatoms.